The van der Waals surface area contributed by atoms with Crippen LogP contribution in [0, 0.1) is 5.92 Å². The molecule has 0 saturated carbocycles. The van der Waals surface area contributed by atoms with Gasteiger partial charge in [-0.2, -0.15) is 0 Å². The highest BCUT2D eigenvalue weighted by Gasteiger charge is 2.49. The highest BCUT2D eigenvalue weighted by Crippen LogP contribution is 2.38. The number of aryl methyl sites for hydroxylation is 2. The molecule has 2 heterocycles. The monoisotopic (exact) mass is 291 g/mol. The maximum absolute atomic E-state index is 12.2. The molecule has 0 radical (unpaired) electrons. The number of rotatable bonds is 1. The van der Waals surface area contributed by atoms with Crippen LogP contribution in [-0.4, -0.2) is 31.9 Å². The number of hydrogen-bond donors (Lipinski definition) is 0. The Labute approximate surface area is 118 Å². The molecule has 0 aromatic heterocycles. The summed E-state index contributed by atoms with van der Waals surface area (Å²) in [4.78, 5) is 14.0. The first kappa shape index (κ1) is 12.4. The van der Waals surface area contributed by atoms with E-state index in [-0.39, 0.29) is 29.4 Å². The van der Waals surface area contributed by atoms with Crippen LogP contribution in [0.15, 0.2) is 18.2 Å². The topological polar surface area (TPSA) is 54.5 Å². The molecule has 2 saturated heterocycles. The van der Waals surface area contributed by atoms with Gasteiger partial charge in [-0.25, -0.2) is 8.42 Å². The van der Waals surface area contributed by atoms with Gasteiger partial charge in [-0.05, 0) is 42.5 Å². The fourth-order valence-electron chi connectivity index (χ4n) is 3.93. The van der Waals surface area contributed by atoms with E-state index in [1.807, 2.05) is 6.07 Å². The zero-order valence-corrected chi connectivity index (χ0v) is 12.0. The van der Waals surface area contributed by atoms with Gasteiger partial charge in [0.25, 0.3) is 0 Å². The predicted octanol–water partition coefficient (Wildman–Crippen LogP) is 1.33. The second-order valence-electron chi connectivity index (χ2n) is 6.18. The number of sulfone groups is 1. The number of amides is 1. The van der Waals surface area contributed by atoms with Crippen LogP contribution in [-0.2, 0) is 27.5 Å². The largest absolute Gasteiger partial charge is 0.308 e. The molecule has 1 aromatic rings. The maximum Gasteiger partial charge on any atom is 0.227 e. The van der Waals surface area contributed by atoms with E-state index in [2.05, 4.69) is 12.1 Å². The van der Waals surface area contributed by atoms with Crippen molar-refractivity contribution in [1.82, 2.24) is 0 Å². The van der Waals surface area contributed by atoms with E-state index in [0.29, 0.717) is 6.42 Å². The molecule has 3 aliphatic rings. The van der Waals surface area contributed by atoms with Crippen molar-refractivity contribution in [2.45, 2.75) is 31.7 Å². The summed E-state index contributed by atoms with van der Waals surface area (Å²) in [6.07, 6.45) is 3.73. The highest BCUT2D eigenvalue weighted by molar-refractivity contribution is 7.91. The summed E-state index contributed by atoms with van der Waals surface area (Å²) >= 11 is 0. The SMILES string of the molecule is O=C1C[C@@H]2CS(=O)(=O)C[C@@H]2N1c1ccc2c(c1)CCC2. The third-order valence-electron chi connectivity index (χ3n) is 4.83. The van der Waals surface area contributed by atoms with Gasteiger partial charge in [-0.1, -0.05) is 6.07 Å². The molecule has 0 N–H and O–H groups in total. The van der Waals surface area contributed by atoms with Crippen molar-refractivity contribution in [1.29, 1.82) is 0 Å². The van der Waals surface area contributed by atoms with Crippen molar-refractivity contribution in [3.05, 3.63) is 29.3 Å². The first-order chi connectivity index (χ1) is 9.53. The van der Waals surface area contributed by atoms with Gasteiger partial charge in [0.15, 0.2) is 9.84 Å². The third-order valence-corrected chi connectivity index (χ3v) is 6.62. The summed E-state index contributed by atoms with van der Waals surface area (Å²) in [6.45, 7) is 0. The van der Waals surface area contributed by atoms with Crippen LogP contribution in [0.5, 0.6) is 0 Å². The molecule has 0 spiro atoms. The molecule has 0 unspecified atom stereocenters. The van der Waals surface area contributed by atoms with Crippen molar-refractivity contribution in [3.63, 3.8) is 0 Å². The van der Waals surface area contributed by atoms with E-state index >= 15 is 0 Å². The van der Waals surface area contributed by atoms with E-state index in [1.165, 1.54) is 17.5 Å². The van der Waals surface area contributed by atoms with E-state index in [1.54, 1.807) is 4.90 Å². The number of benzene rings is 1. The molecular weight excluding hydrogens is 274 g/mol. The van der Waals surface area contributed by atoms with Gasteiger partial charge in [0.05, 0.1) is 17.5 Å². The summed E-state index contributed by atoms with van der Waals surface area (Å²) in [6, 6.07) is 6.02. The fraction of sp³-hybridized carbons (Fsp3) is 0.533. The molecular formula is C15H17NO3S. The normalized spacial score (nSPS) is 30.6. The summed E-state index contributed by atoms with van der Waals surface area (Å²) in [5.41, 5.74) is 3.58. The quantitative estimate of drug-likeness (QED) is 0.784. The van der Waals surface area contributed by atoms with Crippen molar-refractivity contribution in [2.24, 2.45) is 5.92 Å². The Hall–Kier alpha value is -1.36. The molecule has 0 bridgehead atoms. The summed E-state index contributed by atoms with van der Waals surface area (Å²) < 4.78 is 23.6. The van der Waals surface area contributed by atoms with Crippen LogP contribution >= 0.6 is 0 Å². The number of anilines is 1. The van der Waals surface area contributed by atoms with E-state index < -0.39 is 9.84 Å². The Morgan fingerprint density at radius 3 is 2.75 bits per heavy atom. The van der Waals surface area contributed by atoms with Crippen LogP contribution in [0.4, 0.5) is 5.69 Å². The lowest BCUT2D eigenvalue weighted by molar-refractivity contribution is -0.117. The van der Waals surface area contributed by atoms with Crippen LogP contribution in [0.3, 0.4) is 0 Å². The van der Waals surface area contributed by atoms with Crippen LogP contribution in [0.2, 0.25) is 0 Å². The van der Waals surface area contributed by atoms with Crippen molar-refractivity contribution in [3.8, 4) is 0 Å². The molecule has 4 rings (SSSR count). The Morgan fingerprint density at radius 1 is 1.10 bits per heavy atom. The fourth-order valence-corrected chi connectivity index (χ4v) is 6.00. The van der Waals surface area contributed by atoms with Crippen LogP contribution in [0.1, 0.15) is 24.0 Å². The van der Waals surface area contributed by atoms with Gasteiger partial charge in [-0.3, -0.25) is 4.79 Å². The zero-order chi connectivity index (χ0) is 13.9. The Bertz CT molecular complexity index is 695. The average molecular weight is 291 g/mol. The lowest BCUT2D eigenvalue weighted by Gasteiger charge is -2.24. The minimum absolute atomic E-state index is 0.0132. The smallest absolute Gasteiger partial charge is 0.227 e. The van der Waals surface area contributed by atoms with Crippen LogP contribution in [0.25, 0.3) is 0 Å². The van der Waals surface area contributed by atoms with E-state index in [4.69, 9.17) is 0 Å². The standard InChI is InChI=1S/C15H17NO3S/c17-15-7-12-8-20(18,19)9-14(12)16(15)13-5-4-10-2-1-3-11(10)6-13/h4-6,12,14H,1-3,7-9H2/t12-,14+/m1/s1. The number of carbonyl (C=O) groups excluding carboxylic acids is 1. The molecule has 2 fully saturated rings. The van der Waals surface area contributed by atoms with Gasteiger partial charge in [0.1, 0.15) is 0 Å². The lowest BCUT2D eigenvalue weighted by atomic mass is 10.0. The summed E-state index contributed by atoms with van der Waals surface area (Å²) in [5.74, 6) is 0.360. The van der Waals surface area contributed by atoms with Gasteiger partial charge in [-0.15, -0.1) is 0 Å². The van der Waals surface area contributed by atoms with Crippen molar-refractivity contribution >= 4 is 21.4 Å². The molecule has 5 heteroatoms. The minimum Gasteiger partial charge on any atom is -0.308 e. The number of carbonyl (C=O) groups is 1. The lowest BCUT2D eigenvalue weighted by Crippen LogP contribution is -2.36. The second-order valence-corrected chi connectivity index (χ2v) is 8.33. The maximum atomic E-state index is 12.2. The molecule has 1 aromatic carbocycles. The molecule has 2 atom stereocenters. The molecule has 1 amide bonds. The third kappa shape index (κ3) is 1.79. The molecule has 20 heavy (non-hydrogen) atoms. The Balaban J connectivity index is 1.72. The predicted molar refractivity (Wildman–Crippen MR) is 76.5 cm³/mol. The molecule has 2 aliphatic heterocycles. The molecule has 1 aliphatic carbocycles. The van der Waals surface area contributed by atoms with Gasteiger partial charge < -0.3 is 4.90 Å². The minimum atomic E-state index is -2.98. The molecule has 4 nitrogen and oxygen atoms in total. The van der Waals surface area contributed by atoms with Crippen LogP contribution < -0.4 is 4.90 Å². The Kier molecular flexibility index (Phi) is 2.52. The zero-order valence-electron chi connectivity index (χ0n) is 11.2. The first-order valence-electron chi connectivity index (χ1n) is 7.18. The number of nitrogens with zero attached hydrogens (tertiary/aromatic N) is 1. The van der Waals surface area contributed by atoms with Gasteiger partial charge in [0.2, 0.25) is 5.91 Å². The van der Waals surface area contributed by atoms with Gasteiger partial charge >= 0.3 is 0 Å². The average Bonchev–Trinajstić information content (AvgIpc) is 3.00. The second kappa shape index (κ2) is 4.07. The van der Waals surface area contributed by atoms with Gasteiger partial charge in [0, 0.05) is 18.0 Å². The van der Waals surface area contributed by atoms with Crippen molar-refractivity contribution in [2.75, 3.05) is 16.4 Å². The van der Waals surface area contributed by atoms with E-state index in [9.17, 15) is 13.2 Å². The molecule has 106 valence electrons. The number of hydrogen-bond acceptors (Lipinski definition) is 3. The first-order valence-corrected chi connectivity index (χ1v) is 9.00. The van der Waals surface area contributed by atoms with Crippen molar-refractivity contribution < 1.29 is 13.2 Å². The van der Waals surface area contributed by atoms with E-state index in [0.717, 1.165) is 18.5 Å². The summed E-state index contributed by atoms with van der Waals surface area (Å²) in [7, 11) is -2.98. The number of fused-ring (bicyclic) bond motifs is 2. The highest BCUT2D eigenvalue weighted by atomic mass is 32.2. The summed E-state index contributed by atoms with van der Waals surface area (Å²) in [5, 5.41) is 0. The Morgan fingerprint density at radius 2 is 1.90 bits per heavy atom.